The average Bonchev–Trinajstić information content (AvgIpc) is 2.50. The zero-order chi connectivity index (χ0) is 16.0. The number of rotatable bonds is 5. The Labute approximate surface area is 124 Å². The van der Waals surface area contributed by atoms with Crippen LogP contribution in [0.5, 0.6) is 0 Å². The third kappa shape index (κ3) is 3.96. The third-order valence-electron chi connectivity index (χ3n) is 3.45. The first kappa shape index (κ1) is 16.5. The van der Waals surface area contributed by atoms with Crippen molar-refractivity contribution in [3.63, 3.8) is 0 Å². The van der Waals surface area contributed by atoms with E-state index in [4.69, 9.17) is 5.26 Å². The highest BCUT2D eigenvalue weighted by molar-refractivity contribution is 5.95. The second kappa shape index (κ2) is 7.29. The molecule has 1 unspecified atom stereocenters. The molecule has 0 bridgehead atoms. The summed E-state index contributed by atoms with van der Waals surface area (Å²) >= 11 is 0. The second-order valence-corrected chi connectivity index (χ2v) is 4.84. The predicted molar refractivity (Wildman–Crippen MR) is 79.0 cm³/mol. The molecule has 6 nitrogen and oxygen atoms in total. The van der Waals surface area contributed by atoms with Gasteiger partial charge in [0.05, 0.1) is 11.3 Å². The Hall–Kier alpha value is -2.55. The summed E-state index contributed by atoms with van der Waals surface area (Å²) < 4.78 is 0. The van der Waals surface area contributed by atoms with Crippen LogP contribution in [0, 0.1) is 17.2 Å². The van der Waals surface area contributed by atoms with Gasteiger partial charge in [-0.15, -0.1) is 0 Å². The molecule has 0 heterocycles. The lowest BCUT2D eigenvalue weighted by Gasteiger charge is -2.25. The summed E-state index contributed by atoms with van der Waals surface area (Å²) in [6.45, 7) is 3.63. The van der Waals surface area contributed by atoms with E-state index in [1.165, 1.54) is 11.9 Å². The highest BCUT2D eigenvalue weighted by Gasteiger charge is 2.27. The lowest BCUT2D eigenvalue weighted by atomic mass is 9.99. The number of urea groups is 1. The average molecular weight is 289 g/mol. The fraction of sp³-hybridized carbons (Fsp3) is 0.400. The molecule has 21 heavy (non-hydrogen) atoms. The van der Waals surface area contributed by atoms with Crippen molar-refractivity contribution in [2.75, 3.05) is 11.9 Å². The molecule has 0 radical (unpaired) electrons. The fourth-order valence-electron chi connectivity index (χ4n) is 1.88. The van der Waals surface area contributed by atoms with Gasteiger partial charge in [0.15, 0.2) is 0 Å². The summed E-state index contributed by atoms with van der Waals surface area (Å²) in [5.41, 5.74) is 0.788. The van der Waals surface area contributed by atoms with Gasteiger partial charge in [-0.05, 0) is 18.1 Å². The van der Waals surface area contributed by atoms with Gasteiger partial charge in [-0.2, -0.15) is 5.26 Å². The van der Waals surface area contributed by atoms with Crippen molar-refractivity contribution < 1.29 is 14.7 Å². The SMILES string of the molecule is CCC(C)[C@H](NC(=O)N(C)c1ccccc1C#N)C(=O)O. The lowest BCUT2D eigenvalue weighted by molar-refractivity contribution is -0.140. The maximum Gasteiger partial charge on any atom is 0.326 e. The van der Waals surface area contributed by atoms with Gasteiger partial charge in [0, 0.05) is 7.05 Å². The summed E-state index contributed by atoms with van der Waals surface area (Å²) in [5.74, 6) is -1.26. The number of carbonyl (C=O) groups is 2. The molecule has 6 heteroatoms. The van der Waals surface area contributed by atoms with Crippen LogP contribution >= 0.6 is 0 Å². The van der Waals surface area contributed by atoms with Crippen LogP contribution in [-0.2, 0) is 4.79 Å². The molecule has 2 amide bonds. The lowest BCUT2D eigenvalue weighted by Crippen LogP contribution is -2.49. The number of nitriles is 1. The van der Waals surface area contributed by atoms with E-state index in [1.807, 2.05) is 13.0 Å². The number of nitrogens with zero attached hydrogens (tertiary/aromatic N) is 2. The predicted octanol–water partition coefficient (Wildman–Crippen LogP) is 2.20. The van der Waals surface area contributed by atoms with E-state index in [-0.39, 0.29) is 5.92 Å². The van der Waals surface area contributed by atoms with Gasteiger partial charge >= 0.3 is 12.0 Å². The topological polar surface area (TPSA) is 93.4 Å². The first-order valence-electron chi connectivity index (χ1n) is 6.68. The molecule has 0 spiro atoms. The summed E-state index contributed by atoms with van der Waals surface area (Å²) in [7, 11) is 1.50. The fourth-order valence-corrected chi connectivity index (χ4v) is 1.88. The van der Waals surface area contributed by atoms with Crippen molar-refractivity contribution in [2.45, 2.75) is 26.3 Å². The van der Waals surface area contributed by atoms with E-state index >= 15 is 0 Å². The quantitative estimate of drug-likeness (QED) is 0.869. The zero-order valence-corrected chi connectivity index (χ0v) is 12.3. The summed E-state index contributed by atoms with van der Waals surface area (Å²) in [6.07, 6.45) is 0.635. The van der Waals surface area contributed by atoms with Crippen LogP contribution in [0.2, 0.25) is 0 Å². The van der Waals surface area contributed by atoms with Crippen LogP contribution in [0.1, 0.15) is 25.8 Å². The van der Waals surface area contributed by atoms with E-state index in [1.54, 1.807) is 31.2 Å². The van der Waals surface area contributed by atoms with Crippen molar-refractivity contribution in [3.05, 3.63) is 29.8 Å². The molecule has 112 valence electrons. The molecule has 2 atom stereocenters. The normalized spacial score (nSPS) is 12.9. The molecule has 0 fully saturated rings. The van der Waals surface area contributed by atoms with Crippen molar-refractivity contribution >= 4 is 17.7 Å². The van der Waals surface area contributed by atoms with E-state index < -0.39 is 18.0 Å². The Kier molecular flexibility index (Phi) is 5.73. The summed E-state index contributed by atoms with van der Waals surface area (Å²) in [4.78, 5) is 24.7. The number of para-hydroxylation sites is 1. The number of carboxylic acid groups (broad SMARTS) is 1. The third-order valence-corrected chi connectivity index (χ3v) is 3.45. The molecule has 1 aromatic carbocycles. The number of carboxylic acids is 1. The molecular weight excluding hydrogens is 270 g/mol. The van der Waals surface area contributed by atoms with Gasteiger partial charge in [-0.25, -0.2) is 9.59 Å². The van der Waals surface area contributed by atoms with Gasteiger partial charge < -0.3 is 10.4 Å². The van der Waals surface area contributed by atoms with E-state index in [0.29, 0.717) is 17.7 Å². The number of benzene rings is 1. The molecular formula is C15H19N3O3. The van der Waals surface area contributed by atoms with Gasteiger partial charge in [0.25, 0.3) is 0 Å². The van der Waals surface area contributed by atoms with Crippen LogP contribution in [-0.4, -0.2) is 30.2 Å². The van der Waals surface area contributed by atoms with Gasteiger partial charge in [0.2, 0.25) is 0 Å². The highest BCUT2D eigenvalue weighted by atomic mass is 16.4. The zero-order valence-electron chi connectivity index (χ0n) is 12.3. The number of hydrogen-bond acceptors (Lipinski definition) is 3. The summed E-state index contributed by atoms with van der Waals surface area (Å²) in [6, 6.07) is 7.14. The molecule has 0 aromatic heterocycles. The Morgan fingerprint density at radius 1 is 1.43 bits per heavy atom. The minimum absolute atomic E-state index is 0.189. The molecule has 0 aliphatic rings. The minimum atomic E-state index is -1.07. The Morgan fingerprint density at radius 2 is 2.05 bits per heavy atom. The second-order valence-electron chi connectivity index (χ2n) is 4.84. The molecule has 0 saturated carbocycles. The number of amides is 2. The standard InChI is InChI=1S/C15H19N3O3/c1-4-10(2)13(14(19)20)17-15(21)18(3)12-8-6-5-7-11(12)9-16/h5-8,10,13H,4H2,1-3H3,(H,17,21)(H,19,20)/t10?,13-/m0/s1. The molecule has 1 rings (SSSR count). The van der Waals surface area contributed by atoms with Crippen LogP contribution in [0.25, 0.3) is 0 Å². The van der Waals surface area contributed by atoms with Crippen molar-refractivity contribution in [1.82, 2.24) is 5.32 Å². The Balaban J connectivity index is 2.92. The van der Waals surface area contributed by atoms with Gasteiger partial charge in [0.1, 0.15) is 12.1 Å². The summed E-state index contributed by atoms with van der Waals surface area (Å²) in [5, 5.41) is 20.7. The number of anilines is 1. The maximum absolute atomic E-state index is 12.2. The number of nitrogens with one attached hydrogen (secondary N) is 1. The first-order valence-corrected chi connectivity index (χ1v) is 6.68. The largest absolute Gasteiger partial charge is 0.480 e. The van der Waals surface area contributed by atoms with Crippen molar-refractivity contribution in [1.29, 1.82) is 5.26 Å². The smallest absolute Gasteiger partial charge is 0.326 e. The highest BCUT2D eigenvalue weighted by Crippen LogP contribution is 2.18. The van der Waals surface area contributed by atoms with Crippen LogP contribution in [0.3, 0.4) is 0 Å². The number of aliphatic carboxylic acids is 1. The number of hydrogen-bond donors (Lipinski definition) is 2. The van der Waals surface area contributed by atoms with Crippen LogP contribution < -0.4 is 10.2 Å². The Bertz CT molecular complexity index is 566. The minimum Gasteiger partial charge on any atom is -0.480 e. The molecule has 2 N–H and O–H groups in total. The van der Waals surface area contributed by atoms with Gasteiger partial charge in [-0.3, -0.25) is 4.90 Å². The number of carbonyl (C=O) groups excluding carboxylic acids is 1. The van der Waals surface area contributed by atoms with E-state index in [0.717, 1.165) is 0 Å². The van der Waals surface area contributed by atoms with Crippen molar-refractivity contribution in [2.24, 2.45) is 5.92 Å². The van der Waals surface area contributed by atoms with Gasteiger partial charge in [-0.1, -0.05) is 32.4 Å². The van der Waals surface area contributed by atoms with E-state index in [9.17, 15) is 14.7 Å². The van der Waals surface area contributed by atoms with Crippen LogP contribution in [0.15, 0.2) is 24.3 Å². The molecule has 0 aliphatic carbocycles. The monoisotopic (exact) mass is 289 g/mol. The van der Waals surface area contributed by atoms with Crippen LogP contribution in [0.4, 0.5) is 10.5 Å². The molecule has 0 aliphatic heterocycles. The molecule has 1 aromatic rings. The first-order chi connectivity index (χ1) is 9.92. The Morgan fingerprint density at radius 3 is 2.57 bits per heavy atom. The maximum atomic E-state index is 12.2. The van der Waals surface area contributed by atoms with Crippen molar-refractivity contribution in [3.8, 4) is 6.07 Å². The van der Waals surface area contributed by atoms with E-state index in [2.05, 4.69) is 5.32 Å². The molecule has 0 saturated heterocycles.